The van der Waals surface area contributed by atoms with E-state index in [1.54, 1.807) is 19.1 Å². The molecule has 1 heterocycles. The normalized spacial score (nSPS) is 11.9. The van der Waals surface area contributed by atoms with Crippen molar-refractivity contribution in [3.63, 3.8) is 0 Å². The summed E-state index contributed by atoms with van der Waals surface area (Å²) < 4.78 is 6.02. The third kappa shape index (κ3) is 3.31. The molecule has 0 aliphatic rings. The Labute approximate surface area is 123 Å². The minimum Gasteiger partial charge on any atom is -0.432 e. The third-order valence-corrected chi connectivity index (χ3v) is 3.07. The summed E-state index contributed by atoms with van der Waals surface area (Å²) in [6.45, 7) is 1.61. The van der Waals surface area contributed by atoms with Crippen LogP contribution in [0.4, 0.5) is 5.69 Å². The monoisotopic (exact) mass is 338 g/mol. The van der Waals surface area contributed by atoms with E-state index in [0.29, 0.717) is 10.0 Å². The fourth-order valence-corrected chi connectivity index (χ4v) is 1.92. The number of nitro benzene ring substituents is 1. The fraction of sp³-hybridized carbons (Fsp3) is 0.154. The lowest BCUT2D eigenvalue weighted by atomic mass is 10.2. The number of nitro groups is 1. The second kappa shape index (κ2) is 5.98. The van der Waals surface area contributed by atoms with Gasteiger partial charge in [-0.3, -0.25) is 10.1 Å². The van der Waals surface area contributed by atoms with Crippen molar-refractivity contribution in [3.05, 3.63) is 56.7 Å². The minimum absolute atomic E-state index is 0.0912. The van der Waals surface area contributed by atoms with Crippen LogP contribution in [0.5, 0.6) is 11.6 Å². The summed E-state index contributed by atoms with van der Waals surface area (Å²) in [4.78, 5) is 14.4. The van der Waals surface area contributed by atoms with Gasteiger partial charge in [0.25, 0.3) is 0 Å². The third-order valence-electron chi connectivity index (χ3n) is 2.57. The first-order valence-corrected chi connectivity index (χ1v) is 6.52. The van der Waals surface area contributed by atoms with Crippen molar-refractivity contribution in [2.75, 3.05) is 0 Å². The zero-order valence-corrected chi connectivity index (χ0v) is 12.1. The predicted molar refractivity (Wildman–Crippen MR) is 75.7 cm³/mol. The van der Waals surface area contributed by atoms with Crippen LogP contribution in [0.2, 0.25) is 0 Å². The highest BCUT2D eigenvalue weighted by atomic mass is 79.9. The number of aromatic nitrogens is 1. The summed E-state index contributed by atoms with van der Waals surface area (Å²) in [7, 11) is 0. The number of ether oxygens (including phenoxy) is 1. The number of pyridine rings is 1. The van der Waals surface area contributed by atoms with E-state index >= 15 is 0 Å². The molecule has 0 bridgehead atoms. The SMILES string of the molecule is CC(O)c1ccnc(Oc2ccc(Br)cc2[N+](=O)[O-])c1. The molecule has 0 radical (unpaired) electrons. The number of rotatable bonds is 4. The Hall–Kier alpha value is -1.99. The Bertz CT molecular complexity index is 646. The maximum atomic E-state index is 11.0. The maximum Gasteiger partial charge on any atom is 0.312 e. The summed E-state index contributed by atoms with van der Waals surface area (Å²) in [6.07, 6.45) is 0.808. The topological polar surface area (TPSA) is 85.5 Å². The largest absolute Gasteiger partial charge is 0.432 e. The first-order chi connectivity index (χ1) is 9.47. The Balaban J connectivity index is 2.35. The quantitative estimate of drug-likeness (QED) is 0.679. The number of aliphatic hydroxyl groups is 1. The number of nitrogens with zero attached hydrogens (tertiary/aromatic N) is 2. The van der Waals surface area contributed by atoms with Gasteiger partial charge in [0.15, 0.2) is 0 Å². The van der Waals surface area contributed by atoms with E-state index in [-0.39, 0.29) is 17.3 Å². The molecule has 20 heavy (non-hydrogen) atoms. The van der Waals surface area contributed by atoms with Gasteiger partial charge in [-0.1, -0.05) is 15.9 Å². The molecule has 1 N–H and O–H groups in total. The predicted octanol–water partition coefficient (Wildman–Crippen LogP) is 3.60. The molecule has 0 aliphatic heterocycles. The summed E-state index contributed by atoms with van der Waals surface area (Å²) in [5, 5.41) is 20.5. The van der Waals surface area contributed by atoms with Crippen molar-refractivity contribution < 1.29 is 14.8 Å². The molecule has 7 heteroatoms. The first-order valence-electron chi connectivity index (χ1n) is 5.73. The number of halogens is 1. The molecule has 0 saturated heterocycles. The molecule has 6 nitrogen and oxygen atoms in total. The average molecular weight is 339 g/mol. The van der Waals surface area contributed by atoms with E-state index in [9.17, 15) is 15.2 Å². The van der Waals surface area contributed by atoms with Gasteiger partial charge in [0.2, 0.25) is 11.6 Å². The van der Waals surface area contributed by atoms with Gasteiger partial charge in [0.1, 0.15) is 0 Å². The summed E-state index contributed by atoms with van der Waals surface area (Å²) in [6, 6.07) is 7.66. The molecule has 1 aromatic heterocycles. The van der Waals surface area contributed by atoms with Crippen molar-refractivity contribution in [1.29, 1.82) is 0 Å². The van der Waals surface area contributed by atoms with Crippen LogP contribution in [0.15, 0.2) is 41.0 Å². The molecular weight excluding hydrogens is 328 g/mol. The number of hydrogen-bond acceptors (Lipinski definition) is 5. The highest BCUT2D eigenvalue weighted by molar-refractivity contribution is 9.10. The summed E-state index contributed by atoms with van der Waals surface area (Å²) in [5.74, 6) is 0.280. The van der Waals surface area contributed by atoms with Crippen LogP contribution >= 0.6 is 15.9 Å². The highest BCUT2D eigenvalue weighted by Crippen LogP contribution is 2.33. The molecule has 2 rings (SSSR count). The fourth-order valence-electron chi connectivity index (χ4n) is 1.57. The molecule has 1 aromatic carbocycles. The van der Waals surface area contributed by atoms with E-state index in [0.717, 1.165) is 0 Å². The average Bonchev–Trinajstić information content (AvgIpc) is 2.41. The Morgan fingerprint density at radius 3 is 2.80 bits per heavy atom. The molecule has 0 fully saturated rings. The second-order valence-corrected chi connectivity index (χ2v) is 4.99. The first kappa shape index (κ1) is 14.4. The standard InChI is InChI=1S/C13H11BrN2O4/c1-8(17)9-4-5-15-13(6-9)20-12-3-2-10(14)7-11(12)16(18)19/h2-8,17H,1H3. The number of hydrogen-bond donors (Lipinski definition) is 1. The van der Waals surface area contributed by atoms with Crippen molar-refractivity contribution in [2.45, 2.75) is 13.0 Å². The molecule has 104 valence electrons. The van der Waals surface area contributed by atoms with Gasteiger partial charge in [-0.05, 0) is 30.7 Å². The molecule has 1 atom stereocenters. The Morgan fingerprint density at radius 1 is 1.40 bits per heavy atom. The van der Waals surface area contributed by atoms with Crippen LogP contribution in [-0.4, -0.2) is 15.0 Å². The maximum absolute atomic E-state index is 11.0. The van der Waals surface area contributed by atoms with Crippen LogP contribution in [-0.2, 0) is 0 Å². The molecule has 0 amide bonds. The van der Waals surface area contributed by atoms with E-state index in [2.05, 4.69) is 20.9 Å². The number of benzene rings is 1. The van der Waals surface area contributed by atoms with Crippen LogP contribution in [0.25, 0.3) is 0 Å². The van der Waals surface area contributed by atoms with Crippen LogP contribution in [0.3, 0.4) is 0 Å². The van der Waals surface area contributed by atoms with Crippen molar-refractivity contribution in [2.24, 2.45) is 0 Å². The Kier molecular flexibility index (Phi) is 4.31. The van der Waals surface area contributed by atoms with Crippen LogP contribution < -0.4 is 4.74 Å². The van der Waals surface area contributed by atoms with Crippen LogP contribution in [0, 0.1) is 10.1 Å². The van der Waals surface area contributed by atoms with E-state index < -0.39 is 11.0 Å². The second-order valence-electron chi connectivity index (χ2n) is 4.07. The summed E-state index contributed by atoms with van der Waals surface area (Å²) in [5.41, 5.74) is 0.457. The van der Waals surface area contributed by atoms with Crippen LogP contribution in [0.1, 0.15) is 18.6 Å². The molecule has 0 saturated carbocycles. The number of aliphatic hydroxyl groups excluding tert-OH is 1. The zero-order chi connectivity index (χ0) is 14.7. The van der Waals surface area contributed by atoms with Gasteiger partial charge >= 0.3 is 5.69 Å². The minimum atomic E-state index is -0.666. The lowest BCUT2D eigenvalue weighted by Gasteiger charge is -2.08. The van der Waals surface area contributed by atoms with E-state index in [1.165, 1.54) is 24.4 Å². The zero-order valence-electron chi connectivity index (χ0n) is 10.5. The van der Waals surface area contributed by atoms with Crippen molar-refractivity contribution >= 4 is 21.6 Å². The molecule has 1 unspecified atom stereocenters. The van der Waals surface area contributed by atoms with Gasteiger partial charge in [0, 0.05) is 22.8 Å². The van der Waals surface area contributed by atoms with Crippen molar-refractivity contribution in [3.8, 4) is 11.6 Å². The van der Waals surface area contributed by atoms with Gasteiger partial charge in [-0.2, -0.15) is 0 Å². The summed E-state index contributed by atoms with van der Waals surface area (Å²) >= 11 is 3.17. The highest BCUT2D eigenvalue weighted by Gasteiger charge is 2.17. The van der Waals surface area contributed by atoms with Gasteiger partial charge < -0.3 is 9.84 Å². The lowest BCUT2D eigenvalue weighted by molar-refractivity contribution is -0.385. The van der Waals surface area contributed by atoms with Gasteiger partial charge in [0.05, 0.1) is 11.0 Å². The molecule has 2 aromatic rings. The molecule has 0 aliphatic carbocycles. The van der Waals surface area contributed by atoms with Crippen molar-refractivity contribution in [1.82, 2.24) is 4.98 Å². The smallest absolute Gasteiger partial charge is 0.312 e. The lowest BCUT2D eigenvalue weighted by Crippen LogP contribution is -1.97. The molecular formula is C13H11BrN2O4. The van der Waals surface area contributed by atoms with Gasteiger partial charge in [-0.25, -0.2) is 4.98 Å². The van der Waals surface area contributed by atoms with E-state index in [1.807, 2.05) is 0 Å². The molecule has 0 spiro atoms. The Morgan fingerprint density at radius 2 is 2.15 bits per heavy atom. The van der Waals surface area contributed by atoms with E-state index in [4.69, 9.17) is 4.74 Å². The van der Waals surface area contributed by atoms with Gasteiger partial charge in [-0.15, -0.1) is 0 Å².